The highest BCUT2D eigenvalue weighted by Crippen LogP contribution is 2.24. The molecule has 0 fully saturated rings. The zero-order valence-electron chi connectivity index (χ0n) is 19.2. The summed E-state index contributed by atoms with van der Waals surface area (Å²) in [6.07, 6.45) is 0. The smallest absolute Gasteiger partial charge is 0.350 e. The standard InChI is InChI=1S/C22H27N5O4S2/c1-6-30-20(29)19-14(4)23-21(33-19)24-18(28)12-32-22-26-25-17(27(22)5)11-31-16-9-7-15(8-10-16)13(2)3/h7-10,13H,6,11-12H2,1-5H3,(H,23,24,28). The van der Waals surface area contributed by atoms with E-state index in [1.54, 1.807) is 18.4 Å². The van der Waals surface area contributed by atoms with Gasteiger partial charge >= 0.3 is 5.97 Å². The van der Waals surface area contributed by atoms with E-state index in [1.807, 2.05) is 19.2 Å². The average Bonchev–Trinajstić information content (AvgIpc) is 3.32. The van der Waals surface area contributed by atoms with Crippen molar-refractivity contribution in [2.24, 2.45) is 7.05 Å². The van der Waals surface area contributed by atoms with E-state index in [-0.39, 0.29) is 24.9 Å². The van der Waals surface area contributed by atoms with Gasteiger partial charge in [0.2, 0.25) is 5.91 Å². The number of thioether (sulfide) groups is 1. The van der Waals surface area contributed by atoms with Crippen LogP contribution in [0.4, 0.5) is 5.13 Å². The topological polar surface area (TPSA) is 108 Å². The van der Waals surface area contributed by atoms with Crippen molar-refractivity contribution in [2.75, 3.05) is 17.7 Å². The maximum Gasteiger partial charge on any atom is 0.350 e. The summed E-state index contributed by atoms with van der Waals surface area (Å²) >= 11 is 2.35. The maximum atomic E-state index is 12.3. The molecule has 0 saturated heterocycles. The fourth-order valence-corrected chi connectivity index (χ4v) is 4.42. The Kier molecular flexibility index (Phi) is 8.45. The summed E-state index contributed by atoms with van der Waals surface area (Å²) in [5.41, 5.74) is 1.78. The molecule has 0 radical (unpaired) electrons. The molecule has 3 aromatic rings. The largest absolute Gasteiger partial charge is 0.486 e. The first-order valence-electron chi connectivity index (χ1n) is 10.5. The molecule has 1 N–H and O–H groups in total. The molecular formula is C22H27N5O4S2. The van der Waals surface area contributed by atoms with Gasteiger partial charge in [-0.3, -0.25) is 4.79 Å². The van der Waals surface area contributed by atoms with Crippen LogP contribution in [0.1, 0.15) is 53.4 Å². The van der Waals surface area contributed by atoms with Gasteiger partial charge < -0.3 is 19.4 Å². The molecule has 11 heteroatoms. The minimum atomic E-state index is -0.438. The van der Waals surface area contributed by atoms with Crippen LogP contribution >= 0.6 is 23.1 Å². The maximum absolute atomic E-state index is 12.3. The van der Waals surface area contributed by atoms with E-state index in [0.29, 0.717) is 32.6 Å². The van der Waals surface area contributed by atoms with E-state index in [0.717, 1.165) is 17.1 Å². The summed E-state index contributed by atoms with van der Waals surface area (Å²) in [7, 11) is 1.83. The molecule has 0 spiro atoms. The molecule has 0 aliphatic carbocycles. The number of thiazole rings is 1. The molecule has 0 aliphatic heterocycles. The van der Waals surface area contributed by atoms with Crippen LogP contribution in [0.2, 0.25) is 0 Å². The van der Waals surface area contributed by atoms with Gasteiger partial charge in [-0.15, -0.1) is 10.2 Å². The van der Waals surface area contributed by atoms with Crippen molar-refractivity contribution in [1.29, 1.82) is 0 Å². The third-order valence-corrected chi connectivity index (χ3v) is 6.75. The Labute approximate surface area is 200 Å². The number of carbonyl (C=O) groups is 2. The number of amides is 1. The molecule has 1 aromatic carbocycles. The van der Waals surface area contributed by atoms with E-state index < -0.39 is 5.97 Å². The van der Waals surface area contributed by atoms with Gasteiger partial charge in [-0.05, 0) is 37.5 Å². The highest BCUT2D eigenvalue weighted by atomic mass is 32.2. The summed E-state index contributed by atoms with van der Waals surface area (Å²) in [6.45, 7) is 8.29. The Morgan fingerprint density at radius 3 is 2.61 bits per heavy atom. The number of anilines is 1. The third-order valence-electron chi connectivity index (χ3n) is 4.68. The molecule has 0 bridgehead atoms. The lowest BCUT2D eigenvalue weighted by atomic mass is 10.0. The second kappa shape index (κ2) is 11.3. The lowest BCUT2D eigenvalue weighted by Gasteiger charge is -2.09. The number of nitrogens with zero attached hydrogens (tertiary/aromatic N) is 4. The summed E-state index contributed by atoms with van der Waals surface area (Å²) < 4.78 is 12.6. The zero-order valence-corrected chi connectivity index (χ0v) is 20.9. The second-order valence-electron chi connectivity index (χ2n) is 7.46. The van der Waals surface area contributed by atoms with E-state index in [1.165, 1.54) is 17.3 Å². The summed E-state index contributed by atoms with van der Waals surface area (Å²) in [6, 6.07) is 7.99. The van der Waals surface area contributed by atoms with Gasteiger partial charge in [-0.1, -0.05) is 49.1 Å². The molecule has 2 aromatic heterocycles. The van der Waals surface area contributed by atoms with Crippen LogP contribution < -0.4 is 10.1 Å². The van der Waals surface area contributed by atoms with E-state index in [4.69, 9.17) is 9.47 Å². The number of nitrogens with one attached hydrogen (secondary N) is 1. The van der Waals surface area contributed by atoms with Crippen molar-refractivity contribution in [3.63, 3.8) is 0 Å². The van der Waals surface area contributed by atoms with Crippen molar-refractivity contribution in [1.82, 2.24) is 19.7 Å². The molecule has 2 heterocycles. The number of rotatable bonds is 10. The first kappa shape index (κ1) is 24.7. The van der Waals surface area contributed by atoms with Crippen LogP contribution in [-0.4, -0.2) is 44.0 Å². The lowest BCUT2D eigenvalue weighted by molar-refractivity contribution is -0.113. The third kappa shape index (κ3) is 6.55. The first-order chi connectivity index (χ1) is 15.8. The van der Waals surface area contributed by atoms with Crippen molar-refractivity contribution < 1.29 is 19.1 Å². The number of ether oxygens (including phenoxy) is 2. The van der Waals surface area contributed by atoms with Gasteiger partial charge in [-0.2, -0.15) is 0 Å². The Bertz CT molecular complexity index is 1110. The highest BCUT2D eigenvalue weighted by Gasteiger charge is 2.18. The number of hydrogen-bond donors (Lipinski definition) is 1. The highest BCUT2D eigenvalue weighted by molar-refractivity contribution is 7.99. The van der Waals surface area contributed by atoms with E-state index >= 15 is 0 Å². The number of hydrogen-bond acceptors (Lipinski definition) is 9. The molecule has 0 saturated carbocycles. The van der Waals surface area contributed by atoms with Crippen molar-refractivity contribution >= 4 is 40.1 Å². The predicted octanol–water partition coefficient (Wildman–Crippen LogP) is 4.19. The summed E-state index contributed by atoms with van der Waals surface area (Å²) in [5.74, 6) is 1.31. The average molecular weight is 490 g/mol. The number of aromatic nitrogens is 4. The Balaban J connectivity index is 1.51. The van der Waals surface area contributed by atoms with Crippen LogP contribution in [-0.2, 0) is 23.2 Å². The van der Waals surface area contributed by atoms with Gasteiger partial charge in [-0.25, -0.2) is 9.78 Å². The van der Waals surface area contributed by atoms with Gasteiger partial charge in [0.15, 0.2) is 16.1 Å². The molecule has 33 heavy (non-hydrogen) atoms. The fraction of sp³-hybridized carbons (Fsp3) is 0.409. The molecule has 0 unspecified atom stereocenters. The van der Waals surface area contributed by atoms with Gasteiger partial charge in [0.25, 0.3) is 0 Å². The Morgan fingerprint density at radius 2 is 1.94 bits per heavy atom. The molecule has 0 aliphatic rings. The van der Waals surface area contributed by atoms with Gasteiger partial charge in [0, 0.05) is 7.05 Å². The van der Waals surface area contributed by atoms with Crippen LogP contribution in [0.5, 0.6) is 5.75 Å². The Morgan fingerprint density at radius 1 is 1.21 bits per heavy atom. The van der Waals surface area contributed by atoms with E-state index in [2.05, 4.69) is 46.5 Å². The molecule has 0 atom stereocenters. The second-order valence-corrected chi connectivity index (χ2v) is 9.40. The molecule has 1 amide bonds. The summed E-state index contributed by atoms with van der Waals surface area (Å²) in [4.78, 5) is 28.9. The van der Waals surface area contributed by atoms with Crippen LogP contribution in [0, 0.1) is 6.92 Å². The molecule has 9 nitrogen and oxygen atoms in total. The zero-order chi connectivity index (χ0) is 24.0. The van der Waals surface area contributed by atoms with Gasteiger partial charge in [0.05, 0.1) is 18.1 Å². The quantitative estimate of drug-likeness (QED) is 0.334. The minimum absolute atomic E-state index is 0.122. The first-order valence-corrected chi connectivity index (χ1v) is 12.3. The minimum Gasteiger partial charge on any atom is -0.486 e. The van der Waals surface area contributed by atoms with Crippen LogP contribution in [0.3, 0.4) is 0 Å². The fourth-order valence-electron chi connectivity index (χ4n) is 2.81. The normalized spacial score (nSPS) is 11.0. The summed E-state index contributed by atoms with van der Waals surface area (Å²) in [5, 5.41) is 12.0. The van der Waals surface area contributed by atoms with Gasteiger partial charge in [0.1, 0.15) is 17.2 Å². The van der Waals surface area contributed by atoms with Crippen molar-refractivity contribution in [3.8, 4) is 5.75 Å². The Hall–Kier alpha value is -2.92. The van der Waals surface area contributed by atoms with E-state index in [9.17, 15) is 9.59 Å². The SMILES string of the molecule is CCOC(=O)c1sc(NC(=O)CSc2nnc(COc3ccc(C(C)C)cc3)n2C)nc1C. The van der Waals surface area contributed by atoms with Crippen LogP contribution in [0.25, 0.3) is 0 Å². The predicted molar refractivity (Wildman–Crippen MR) is 128 cm³/mol. The number of aryl methyl sites for hydroxylation is 1. The molecule has 3 rings (SSSR count). The lowest BCUT2D eigenvalue weighted by Crippen LogP contribution is -2.14. The van der Waals surface area contributed by atoms with Crippen molar-refractivity contribution in [3.05, 3.63) is 46.2 Å². The number of carbonyl (C=O) groups excluding carboxylic acids is 2. The van der Waals surface area contributed by atoms with Crippen LogP contribution in [0.15, 0.2) is 29.4 Å². The number of esters is 1. The molecular weight excluding hydrogens is 462 g/mol. The van der Waals surface area contributed by atoms with Crippen molar-refractivity contribution in [2.45, 2.75) is 45.4 Å². The molecule has 176 valence electrons. The number of benzene rings is 1. The monoisotopic (exact) mass is 489 g/mol.